The molecule has 3 rings (SSSR count). The molecule has 0 aliphatic carbocycles. The maximum absolute atomic E-state index is 14.0. The van der Waals surface area contributed by atoms with Crippen molar-refractivity contribution in [2.45, 2.75) is 17.7 Å². The van der Waals surface area contributed by atoms with Crippen molar-refractivity contribution in [1.82, 2.24) is 4.98 Å². The van der Waals surface area contributed by atoms with Crippen LogP contribution in [0.5, 0.6) is 5.75 Å². The quantitative estimate of drug-likeness (QED) is 0.560. The Morgan fingerprint density at radius 1 is 1.13 bits per heavy atom. The average Bonchev–Trinajstić information content (AvgIpc) is 3.11. The van der Waals surface area contributed by atoms with Gasteiger partial charge in [0.05, 0.1) is 17.3 Å². The van der Waals surface area contributed by atoms with Gasteiger partial charge in [0.2, 0.25) is 0 Å². The maximum atomic E-state index is 14.0. The first-order valence-corrected chi connectivity index (χ1v) is 9.78. The number of aromatic nitrogens is 1. The Hall–Kier alpha value is -3.52. The maximum Gasteiger partial charge on any atom is 0.573 e. The zero-order valence-electron chi connectivity index (χ0n) is 15.0. The van der Waals surface area contributed by atoms with E-state index in [4.69, 9.17) is 5.26 Å². The van der Waals surface area contributed by atoms with Crippen LogP contribution >= 0.6 is 0 Å². The van der Waals surface area contributed by atoms with Crippen LogP contribution in [0.2, 0.25) is 0 Å². The molecule has 0 amide bonds. The van der Waals surface area contributed by atoms with Crippen molar-refractivity contribution in [2.75, 3.05) is 4.72 Å². The number of rotatable bonds is 6. The Labute approximate surface area is 168 Å². The van der Waals surface area contributed by atoms with Crippen LogP contribution in [0.3, 0.4) is 0 Å². The summed E-state index contributed by atoms with van der Waals surface area (Å²) < 4.78 is 82.6. The molecule has 30 heavy (non-hydrogen) atoms. The van der Waals surface area contributed by atoms with E-state index in [0.29, 0.717) is 5.56 Å². The van der Waals surface area contributed by atoms with E-state index >= 15 is 0 Å². The van der Waals surface area contributed by atoms with Crippen molar-refractivity contribution in [3.05, 3.63) is 77.4 Å². The van der Waals surface area contributed by atoms with Crippen molar-refractivity contribution < 1.29 is 30.7 Å². The van der Waals surface area contributed by atoms with Gasteiger partial charge >= 0.3 is 6.36 Å². The van der Waals surface area contributed by atoms with Crippen molar-refractivity contribution in [1.29, 1.82) is 5.26 Å². The minimum Gasteiger partial charge on any atom is -0.406 e. The SMILES string of the molecule is N#Cc1ccc(NS(=O)(=O)c2c[nH]cc2Cc2cccc(OC(F)(F)F)c2)c(F)c1. The van der Waals surface area contributed by atoms with Gasteiger partial charge in [-0.05, 0) is 41.5 Å². The molecule has 0 aliphatic rings. The number of alkyl halides is 3. The molecule has 0 saturated carbocycles. The third-order valence-corrected chi connectivity index (χ3v) is 5.39. The predicted molar refractivity (Wildman–Crippen MR) is 98.6 cm³/mol. The van der Waals surface area contributed by atoms with Gasteiger partial charge in [0.15, 0.2) is 0 Å². The Balaban J connectivity index is 1.84. The third-order valence-electron chi connectivity index (χ3n) is 3.95. The van der Waals surface area contributed by atoms with E-state index in [-0.39, 0.29) is 28.1 Å². The van der Waals surface area contributed by atoms with Gasteiger partial charge in [-0.2, -0.15) is 5.26 Å². The number of hydrogen-bond donors (Lipinski definition) is 2. The summed E-state index contributed by atoms with van der Waals surface area (Å²) in [6, 6.07) is 10.1. The van der Waals surface area contributed by atoms with E-state index < -0.39 is 28.0 Å². The summed E-state index contributed by atoms with van der Waals surface area (Å²) in [6.07, 6.45) is -2.32. The summed E-state index contributed by atoms with van der Waals surface area (Å²) in [5.41, 5.74) is 0.304. The topological polar surface area (TPSA) is 95.0 Å². The number of ether oxygens (including phenoxy) is 1. The van der Waals surface area contributed by atoms with Crippen LogP contribution in [0, 0.1) is 17.1 Å². The number of nitriles is 1. The number of nitrogens with one attached hydrogen (secondary N) is 2. The van der Waals surface area contributed by atoms with Crippen molar-refractivity contribution in [3.63, 3.8) is 0 Å². The number of halogens is 4. The van der Waals surface area contributed by atoms with Gasteiger partial charge in [-0.1, -0.05) is 12.1 Å². The molecule has 0 bridgehead atoms. The zero-order valence-corrected chi connectivity index (χ0v) is 15.8. The fourth-order valence-corrected chi connectivity index (χ4v) is 3.97. The molecule has 1 heterocycles. The lowest BCUT2D eigenvalue weighted by atomic mass is 10.1. The summed E-state index contributed by atoms with van der Waals surface area (Å²) in [6.45, 7) is 0. The normalized spacial score (nSPS) is 11.7. The van der Waals surface area contributed by atoms with Crippen molar-refractivity contribution in [2.24, 2.45) is 0 Å². The predicted octanol–water partition coefficient (Wildman–Crippen LogP) is 4.32. The second-order valence-electron chi connectivity index (χ2n) is 6.13. The second kappa shape index (κ2) is 8.08. The highest BCUT2D eigenvalue weighted by Crippen LogP contribution is 2.27. The minimum atomic E-state index is -4.85. The summed E-state index contributed by atoms with van der Waals surface area (Å²) in [4.78, 5) is 2.43. The van der Waals surface area contributed by atoms with Crippen LogP contribution in [0.1, 0.15) is 16.7 Å². The van der Waals surface area contributed by atoms with E-state index in [2.05, 4.69) is 14.4 Å². The summed E-state index contributed by atoms with van der Waals surface area (Å²) >= 11 is 0. The number of aromatic amines is 1. The first kappa shape index (κ1) is 21.2. The third kappa shape index (κ3) is 5.09. The standard InChI is InChI=1S/C19H13F4N3O3S/c20-16-8-13(9-24)4-5-17(16)26-30(27,28)18-11-25-10-14(18)6-12-2-1-3-15(7-12)29-19(21,22)23/h1-5,7-8,10-11,25-26H,6H2. The minimum absolute atomic E-state index is 0.0232. The lowest BCUT2D eigenvalue weighted by Crippen LogP contribution is -2.17. The van der Waals surface area contributed by atoms with Crippen molar-refractivity contribution >= 4 is 15.7 Å². The van der Waals surface area contributed by atoms with Gasteiger partial charge in [-0.3, -0.25) is 4.72 Å². The van der Waals surface area contributed by atoms with Gasteiger partial charge in [0, 0.05) is 18.8 Å². The molecule has 1 aromatic heterocycles. The number of benzene rings is 2. The first-order chi connectivity index (χ1) is 14.1. The highest BCUT2D eigenvalue weighted by Gasteiger charge is 2.31. The molecule has 0 spiro atoms. The number of H-pyrrole nitrogens is 1. The lowest BCUT2D eigenvalue weighted by Gasteiger charge is -2.11. The van der Waals surface area contributed by atoms with E-state index in [1.165, 1.54) is 30.6 Å². The molecule has 3 aromatic rings. The van der Waals surface area contributed by atoms with Crippen LogP contribution in [0.25, 0.3) is 0 Å². The molecule has 0 fully saturated rings. The average molecular weight is 439 g/mol. The largest absolute Gasteiger partial charge is 0.573 e. The molecule has 6 nitrogen and oxygen atoms in total. The van der Waals surface area contributed by atoms with Crippen LogP contribution in [0.4, 0.5) is 23.2 Å². The fraction of sp³-hybridized carbons (Fsp3) is 0.105. The molecule has 2 aromatic carbocycles. The highest BCUT2D eigenvalue weighted by atomic mass is 32.2. The number of nitrogens with zero attached hydrogens (tertiary/aromatic N) is 1. The summed E-state index contributed by atoms with van der Waals surface area (Å²) in [5.74, 6) is -1.36. The van der Waals surface area contributed by atoms with Gasteiger partial charge < -0.3 is 9.72 Å². The molecular weight excluding hydrogens is 426 g/mol. The Kier molecular flexibility index (Phi) is 5.71. The molecule has 0 aliphatic heterocycles. The van der Waals surface area contributed by atoms with Gasteiger partial charge in [0.25, 0.3) is 10.0 Å². The van der Waals surface area contributed by atoms with Crippen LogP contribution in [-0.2, 0) is 16.4 Å². The summed E-state index contributed by atoms with van der Waals surface area (Å²) in [5, 5.41) is 8.76. The molecule has 156 valence electrons. The van der Waals surface area contributed by atoms with E-state index in [9.17, 15) is 26.0 Å². The monoisotopic (exact) mass is 439 g/mol. The number of anilines is 1. The molecular formula is C19H13F4N3O3S. The van der Waals surface area contributed by atoms with E-state index in [1.54, 1.807) is 6.07 Å². The molecule has 0 unspecified atom stereocenters. The van der Waals surface area contributed by atoms with Crippen LogP contribution in [0.15, 0.2) is 59.8 Å². The Morgan fingerprint density at radius 3 is 2.57 bits per heavy atom. The molecule has 0 radical (unpaired) electrons. The van der Waals surface area contributed by atoms with Crippen LogP contribution in [-0.4, -0.2) is 19.8 Å². The van der Waals surface area contributed by atoms with Gasteiger partial charge in [-0.15, -0.1) is 13.2 Å². The fourth-order valence-electron chi connectivity index (χ4n) is 2.71. The Bertz CT molecular complexity index is 1210. The van der Waals surface area contributed by atoms with Crippen LogP contribution < -0.4 is 9.46 Å². The van der Waals surface area contributed by atoms with Gasteiger partial charge in [0.1, 0.15) is 16.5 Å². The van der Waals surface area contributed by atoms with Gasteiger partial charge in [-0.25, -0.2) is 12.8 Å². The first-order valence-electron chi connectivity index (χ1n) is 8.30. The molecule has 0 saturated heterocycles. The molecule has 2 N–H and O–H groups in total. The Morgan fingerprint density at radius 2 is 1.90 bits per heavy atom. The molecule has 11 heteroatoms. The zero-order chi connectivity index (χ0) is 21.9. The lowest BCUT2D eigenvalue weighted by molar-refractivity contribution is -0.274. The highest BCUT2D eigenvalue weighted by molar-refractivity contribution is 7.92. The number of sulfonamides is 1. The summed E-state index contributed by atoms with van der Waals surface area (Å²) in [7, 11) is -4.22. The van der Waals surface area contributed by atoms with E-state index in [0.717, 1.165) is 24.3 Å². The molecule has 0 atom stereocenters. The smallest absolute Gasteiger partial charge is 0.406 e. The second-order valence-corrected chi connectivity index (χ2v) is 7.78. The van der Waals surface area contributed by atoms with Crippen molar-refractivity contribution in [3.8, 4) is 11.8 Å². The number of hydrogen-bond acceptors (Lipinski definition) is 4. The van der Waals surface area contributed by atoms with E-state index in [1.807, 2.05) is 0 Å².